The number of hydrogen-bond acceptors (Lipinski definition) is 3. The van der Waals surface area contributed by atoms with Crippen LogP contribution in [0.15, 0.2) is 0 Å². The molecule has 0 aromatic heterocycles. The third-order valence-corrected chi connectivity index (χ3v) is 2.46. The molecule has 0 aliphatic rings. The summed E-state index contributed by atoms with van der Waals surface area (Å²) in [5.41, 5.74) is 0. The van der Waals surface area contributed by atoms with Crippen LogP contribution < -0.4 is 5.32 Å². The monoisotopic (exact) mass is 203 g/mol. The van der Waals surface area contributed by atoms with Crippen LogP contribution in [0.3, 0.4) is 0 Å². The van der Waals surface area contributed by atoms with E-state index in [-0.39, 0.29) is 12.1 Å². The van der Waals surface area contributed by atoms with Crippen molar-refractivity contribution in [1.82, 2.24) is 5.32 Å². The molecule has 0 amide bonds. The quantitative estimate of drug-likeness (QED) is 0.586. The molecule has 0 rings (SSSR count). The second kappa shape index (κ2) is 8.21. The zero-order valence-corrected chi connectivity index (χ0v) is 9.92. The van der Waals surface area contributed by atoms with E-state index in [4.69, 9.17) is 4.74 Å². The molecule has 86 valence electrons. The molecule has 0 aromatic carbocycles. The maximum atomic E-state index is 9.75. The number of rotatable bonds is 8. The molecular weight excluding hydrogens is 178 g/mol. The summed E-state index contributed by atoms with van der Waals surface area (Å²) in [6.07, 6.45) is 1.56. The van der Waals surface area contributed by atoms with Crippen LogP contribution in [0, 0.1) is 5.92 Å². The van der Waals surface area contributed by atoms with Gasteiger partial charge in [-0.2, -0.15) is 0 Å². The lowest BCUT2D eigenvalue weighted by Gasteiger charge is -2.26. The number of ether oxygens (including phenoxy) is 1. The number of aliphatic hydroxyl groups excluding tert-OH is 1. The minimum absolute atomic E-state index is 0.205. The summed E-state index contributed by atoms with van der Waals surface area (Å²) in [6, 6.07) is 0.205. The van der Waals surface area contributed by atoms with E-state index in [1.165, 1.54) is 0 Å². The highest BCUT2D eigenvalue weighted by Crippen LogP contribution is 2.09. The molecule has 2 unspecified atom stereocenters. The minimum Gasteiger partial charge on any atom is -0.392 e. The van der Waals surface area contributed by atoms with Gasteiger partial charge in [-0.05, 0) is 25.3 Å². The van der Waals surface area contributed by atoms with E-state index in [1.807, 2.05) is 6.92 Å². The Kier molecular flexibility index (Phi) is 8.14. The van der Waals surface area contributed by atoms with Gasteiger partial charge in [-0.3, -0.25) is 0 Å². The van der Waals surface area contributed by atoms with Crippen molar-refractivity contribution in [3.05, 3.63) is 0 Å². The van der Waals surface area contributed by atoms with Crippen LogP contribution >= 0.6 is 0 Å². The molecule has 2 N–H and O–H groups in total. The first-order chi connectivity index (χ1) is 6.63. The molecule has 0 saturated carbocycles. The van der Waals surface area contributed by atoms with Gasteiger partial charge in [-0.1, -0.05) is 20.8 Å². The van der Waals surface area contributed by atoms with Crippen molar-refractivity contribution in [1.29, 1.82) is 0 Å². The maximum absolute atomic E-state index is 9.75. The van der Waals surface area contributed by atoms with Crippen LogP contribution in [0.4, 0.5) is 0 Å². The molecule has 0 aromatic rings. The fraction of sp³-hybridized carbons (Fsp3) is 1.00. The third kappa shape index (κ3) is 5.58. The molecule has 3 nitrogen and oxygen atoms in total. The Morgan fingerprint density at radius 2 is 2.00 bits per heavy atom. The Balaban J connectivity index is 3.74. The summed E-state index contributed by atoms with van der Waals surface area (Å²) in [7, 11) is 1.71. The zero-order valence-electron chi connectivity index (χ0n) is 9.92. The van der Waals surface area contributed by atoms with Crippen molar-refractivity contribution < 1.29 is 9.84 Å². The van der Waals surface area contributed by atoms with Gasteiger partial charge >= 0.3 is 0 Å². The lowest BCUT2D eigenvalue weighted by atomic mass is 9.97. The van der Waals surface area contributed by atoms with E-state index >= 15 is 0 Å². The Hall–Kier alpha value is -0.120. The average Bonchev–Trinajstić information content (AvgIpc) is 2.16. The second-order valence-corrected chi connectivity index (χ2v) is 4.05. The van der Waals surface area contributed by atoms with Gasteiger partial charge in [0.05, 0.1) is 6.10 Å². The summed E-state index contributed by atoms with van der Waals surface area (Å²) in [4.78, 5) is 0. The highest BCUT2D eigenvalue weighted by Gasteiger charge is 2.19. The molecule has 14 heavy (non-hydrogen) atoms. The lowest BCUT2D eigenvalue weighted by Crippen LogP contribution is -2.44. The topological polar surface area (TPSA) is 41.5 Å². The smallest absolute Gasteiger partial charge is 0.0693 e. The molecule has 0 saturated heterocycles. The summed E-state index contributed by atoms with van der Waals surface area (Å²) >= 11 is 0. The largest absolute Gasteiger partial charge is 0.392 e. The minimum atomic E-state index is -0.238. The van der Waals surface area contributed by atoms with Crippen molar-refractivity contribution in [2.24, 2.45) is 5.92 Å². The first kappa shape index (κ1) is 13.9. The van der Waals surface area contributed by atoms with Crippen LogP contribution in [0.2, 0.25) is 0 Å². The molecule has 0 spiro atoms. The van der Waals surface area contributed by atoms with E-state index in [1.54, 1.807) is 7.11 Å². The molecular formula is C11H25NO2. The van der Waals surface area contributed by atoms with Gasteiger partial charge in [0.2, 0.25) is 0 Å². The number of methoxy groups -OCH3 is 1. The van der Waals surface area contributed by atoms with E-state index in [0.717, 1.165) is 26.0 Å². The van der Waals surface area contributed by atoms with E-state index in [9.17, 15) is 5.11 Å². The Bertz CT molecular complexity index is 128. The van der Waals surface area contributed by atoms with Gasteiger partial charge in [0.1, 0.15) is 0 Å². The molecule has 0 fully saturated rings. The molecule has 0 radical (unpaired) electrons. The third-order valence-electron chi connectivity index (χ3n) is 2.46. The van der Waals surface area contributed by atoms with Crippen LogP contribution in [-0.2, 0) is 4.74 Å². The van der Waals surface area contributed by atoms with Crippen molar-refractivity contribution in [2.45, 2.75) is 45.8 Å². The first-order valence-electron chi connectivity index (χ1n) is 5.53. The van der Waals surface area contributed by atoms with Crippen LogP contribution in [0.5, 0.6) is 0 Å². The molecule has 0 aliphatic heterocycles. The standard InChI is InChI=1S/C11H25NO2/c1-5-10(13)11(9(2)3)12-7-6-8-14-4/h9-13H,5-8H2,1-4H3. The number of nitrogens with one attached hydrogen (secondary N) is 1. The van der Waals surface area contributed by atoms with Crippen molar-refractivity contribution in [3.63, 3.8) is 0 Å². The Labute approximate surface area is 87.8 Å². The fourth-order valence-corrected chi connectivity index (χ4v) is 1.56. The first-order valence-corrected chi connectivity index (χ1v) is 5.53. The van der Waals surface area contributed by atoms with Crippen molar-refractivity contribution >= 4 is 0 Å². The van der Waals surface area contributed by atoms with E-state index in [0.29, 0.717) is 5.92 Å². The molecule has 0 bridgehead atoms. The zero-order chi connectivity index (χ0) is 11.0. The fourth-order valence-electron chi connectivity index (χ4n) is 1.56. The van der Waals surface area contributed by atoms with Crippen LogP contribution in [0.1, 0.15) is 33.6 Å². The van der Waals surface area contributed by atoms with Gasteiger partial charge in [-0.15, -0.1) is 0 Å². The summed E-state index contributed by atoms with van der Waals surface area (Å²) in [6.45, 7) is 7.96. The summed E-state index contributed by atoms with van der Waals surface area (Å²) in [5.74, 6) is 0.465. The highest BCUT2D eigenvalue weighted by atomic mass is 16.5. The molecule has 2 atom stereocenters. The van der Waals surface area contributed by atoms with Gasteiger partial charge < -0.3 is 15.2 Å². The molecule has 0 heterocycles. The lowest BCUT2D eigenvalue weighted by molar-refractivity contribution is 0.0988. The Morgan fingerprint density at radius 1 is 1.36 bits per heavy atom. The van der Waals surface area contributed by atoms with Crippen LogP contribution in [-0.4, -0.2) is 37.5 Å². The van der Waals surface area contributed by atoms with Crippen molar-refractivity contribution in [2.75, 3.05) is 20.3 Å². The van der Waals surface area contributed by atoms with Gasteiger partial charge in [0.25, 0.3) is 0 Å². The highest BCUT2D eigenvalue weighted by molar-refractivity contribution is 4.77. The van der Waals surface area contributed by atoms with Gasteiger partial charge in [0, 0.05) is 19.8 Å². The predicted molar refractivity (Wildman–Crippen MR) is 59.4 cm³/mol. The normalized spacial score (nSPS) is 15.9. The second-order valence-electron chi connectivity index (χ2n) is 4.05. The number of aliphatic hydroxyl groups is 1. The predicted octanol–water partition coefficient (Wildman–Crippen LogP) is 1.41. The van der Waals surface area contributed by atoms with Gasteiger partial charge in [-0.25, -0.2) is 0 Å². The average molecular weight is 203 g/mol. The van der Waals surface area contributed by atoms with E-state index < -0.39 is 0 Å². The number of hydrogen-bond donors (Lipinski definition) is 2. The van der Waals surface area contributed by atoms with Gasteiger partial charge in [0.15, 0.2) is 0 Å². The van der Waals surface area contributed by atoms with Crippen LogP contribution in [0.25, 0.3) is 0 Å². The van der Waals surface area contributed by atoms with Crippen molar-refractivity contribution in [3.8, 4) is 0 Å². The Morgan fingerprint density at radius 3 is 2.43 bits per heavy atom. The maximum Gasteiger partial charge on any atom is 0.0693 e. The summed E-state index contributed by atoms with van der Waals surface area (Å²) in [5, 5.41) is 13.1. The molecule has 3 heteroatoms. The SMILES string of the molecule is CCC(O)C(NCCCOC)C(C)C. The summed E-state index contributed by atoms with van der Waals surface area (Å²) < 4.78 is 4.97. The van der Waals surface area contributed by atoms with E-state index in [2.05, 4.69) is 19.2 Å². The molecule has 0 aliphatic carbocycles.